The van der Waals surface area contributed by atoms with Crippen molar-refractivity contribution < 1.29 is 9.47 Å². The molecule has 1 saturated heterocycles. The van der Waals surface area contributed by atoms with Gasteiger partial charge in [-0.1, -0.05) is 6.07 Å². The zero-order valence-corrected chi connectivity index (χ0v) is 17.4. The van der Waals surface area contributed by atoms with Gasteiger partial charge in [0, 0.05) is 37.1 Å². The van der Waals surface area contributed by atoms with Crippen LogP contribution in [-0.4, -0.2) is 53.5 Å². The third kappa shape index (κ3) is 6.04. The second kappa shape index (κ2) is 10.0. The lowest BCUT2D eigenvalue weighted by atomic mass is 9.90. The number of pyridine rings is 1. The fraction of sp³-hybridized carbons (Fsp3) is 0.636. The molecule has 1 aromatic heterocycles. The minimum Gasteiger partial charge on any atom is -0.473 e. The first-order chi connectivity index (χ1) is 13.5. The van der Waals surface area contributed by atoms with Gasteiger partial charge in [-0.15, -0.1) is 0 Å². The van der Waals surface area contributed by atoms with E-state index in [1.54, 1.807) is 6.20 Å². The Balaban J connectivity index is 1.44. The molecular weight excluding hydrogens is 352 g/mol. The minimum atomic E-state index is 0.335. The first-order valence-electron chi connectivity index (χ1n) is 10.4. The van der Waals surface area contributed by atoms with Gasteiger partial charge >= 0.3 is 0 Å². The Kier molecular flexibility index (Phi) is 7.45. The largest absolute Gasteiger partial charge is 0.473 e. The van der Waals surface area contributed by atoms with E-state index in [-0.39, 0.29) is 0 Å². The van der Waals surface area contributed by atoms with Crippen LogP contribution < -0.4 is 5.73 Å². The molecule has 2 fully saturated rings. The van der Waals surface area contributed by atoms with Crippen molar-refractivity contribution in [3.05, 3.63) is 41.5 Å². The number of morpholine rings is 1. The van der Waals surface area contributed by atoms with Gasteiger partial charge < -0.3 is 15.2 Å². The van der Waals surface area contributed by atoms with Crippen molar-refractivity contribution >= 4 is 6.21 Å². The quantitative estimate of drug-likeness (QED) is 0.600. The molecule has 2 aliphatic rings. The van der Waals surface area contributed by atoms with Gasteiger partial charge in [0.2, 0.25) is 0 Å². The summed E-state index contributed by atoms with van der Waals surface area (Å²) in [5, 5.41) is 0. The molecule has 154 valence electrons. The van der Waals surface area contributed by atoms with Gasteiger partial charge in [-0.3, -0.25) is 14.9 Å². The van der Waals surface area contributed by atoms with Gasteiger partial charge in [-0.2, -0.15) is 0 Å². The summed E-state index contributed by atoms with van der Waals surface area (Å²) in [5.74, 6) is 0.416. The van der Waals surface area contributed by atoms with Crippen molar-refractivity contribution in [3.8, 4) is 0 Å². The summed E-state index contributed by atoms with van der Waals surface area (Å²) in [6, 6.07) is 6.80. The number of nitrogens with two attached hydrogens (primary N) is 1. The van der Waals surface area contributed by atoms with Crippen LogP contribution in [0.5, 0.6) is 0 Å². The van der Waals surface area contributed by atoms with E-state index in [1.165, 1.54) is 12.8 Å². The van der Waals surface area contributed by atoms with E-state index in [9.17, 15) is 0 Å². The smallest absolute Gasteiger partial charge is 0.188 e. The molecule has 28 heavy (non-hydrogen) atoms. The standard InChI is InChI=1S/C22H34N4O2/c1-16(22(23)27-15-20-6-4-5-11-24-20)12-25-19-7-9-21(10-8-19)26-13-17(2)28-18(3)14-26/h4-6,11-12,17-19,21H,7-10,13-15,23H2,1-3H3/t17-,18+,19?,21?. The lowest BCUT2D eigenvalue weighted by Gasteiger charge is -2.42. The van der Waals surface area contributed by atoms with E-state index in [4.69, 9.17) is 20.2 Å². The number of aromatic nitrogens is 1. The van der Waals surface area contributed by atoms with Crippen molar-refractivity contribution in [2.45, 2.75) is 77.4 Å². The molecule has 0 radical (unpaired) electrons. The number of hydrogen-bond donors (Lipinski definition) is 1. The highest BCUT2D eigenvalue weighted by atomic mass is 16.5. The zero-order valence-electron chi connectivity index (χ0n) is 17.4. The Hall–Kier alpha value is -1.92. The summed E-state index contributed by atoms with van der Waals surface area (Å²) >= 11 is 0. The third-order valence-electron chi connectivity index (χ3n) is 5.60. The number of allylic oxidation sites excluding steroid dienone is 1. The molecule has 6 heteroatoms. The van der Waals surface area contributed by atoms with Crippen LogP contribution >= 0.6 is 0 Å². The van der Waals surface area contributed by atoms with E-state index in [1.807, 2.05) is 31.3 Å². The van der Waals surface area contributed by atoms with Crippen LogP contribution in [0.25, 0.3) is 0 Å². The van der Waals surface area contributed by atoms with Crippen molar-refractivity contribution in [2.75, 3.05) is 13.1 Å². The lowest BCUT2D eigenvalue weighted by Crippen LogP contribution is -2.51. The molecule has 2 heterocycles. The highest BCUT2D eigenvalue weighted by molar-refractivity contribution is 5.78. The van der Waals surface area contributed by atoms with E-state index in [0.29, 0.717) is 36.8 Å². The summed E-state index contributed by atoms with van der Waals surface area (Å²) in [6.45, 7) is 8.77. The summed E-state index contributed by atoms with van der Waals surface area (Å²) < 4.78 is 11.5. The van der Waals surface area contributed by atoms with Gasteiger partial charge in [0.1, 0.15) is 6.61 Å². The maximum absolute atomic E-state index is 6.05. The topological polar surface area (TPSA) is 73.0 Å². The second-order valence-corrected chi connectivity index (χ2v) is 8.11. The van der Waals surface area contributed by atoms with E-state index in [2.05, 4.69) is 23.7 Å². The van der Waals surface area contributed by atoms with Gasteiger partial charge in [0.25, 0.3) is 0 Å². The molecule has 1 aliphatic carbocycles. The van der Waals surface area contributed by atoms with Crippen molar-refractivity contribution in [3.63, 3.8) is 0 Å². The molecule has 1 saturated carbocycles. The predicted molar refractivity (Wildman–Crippen MR) is 112 cm³/mol. The van der Waals surface area contributed by atoms with Gasteiger partial charge in [0.05, 0.1) is 23.9 Å². The normalized spacial score (nSPS) is 30.2. The van der Waals surface area contributed by atoms with Crippen LogP contribution in [0, 0.1) is 0 Å². The highest BCUT2D eigenvalue weighted by Gasteiger charge is 2.30. The fourth-order valence-electron chi connectivity index (χ4n) is 4.12. The van der Waals surface area contributed by atoms with Crippen molar-refractivity contribution in [2.24, 2.45) is 10.7 Å². The van der Waals surface area contributed by atoms with Gasteiger partial charge in [0.15, 0.2) is 5.88 Å². The van der Waals surface area contributed by atoms with E-state index in [0.717, 1.165) is 37.2 Å². The molecule has 0 spiro atoms. The molecule has 0 amide bonds. The third-order valence-corrected chi connectivity index (χ3v) is 5.60. The minimum absolute atomic E-state index is 0.335. The molecule has 1 aromatic rings. The highest BCUT2D eigenvalue weighted by Crippen LogP contribution is 2.27. The summed E-state index contributed by atoms with van der Waals surface area (Å²) in [5.41, 5.74) is 7.78. The molecule has 0 aromatic carbocycles. The second-order valence-electron chi connectivity index (χ2n) is 8.11. The average molecular weight is 387 g/mol. The number of rotatable bonds is 6. The number of ether oxygens (including phenoxy) is 2. The Morgan fingerprint density at radius 3 is 2.61 bits per heavy atom. The van der Waals surface area contributed by atoms with Crippen LogP contribution in [0.3, 0.4) is 0 Å². The van der Waals surface area contributed by atoms with Crippen LogP contribution in [-0.2, 0) is 16.1 Å². The summed E-state index contributed by atoms with van der Waals surface area (Å²) in [6.07, 6.45) is 8.96. The molecule has 1 aliphatic heterocycles. The first kappa shape index (κ1) is 20.8. The van der Waals surface area contributed by atoms with Gasteiger partial charge in [-0.25, -0.2) is 0 Å². The maximum Gasteiger partial charge on any atom is 0.188 e. The monoisotopic (exact) mass is 386 g/mol. The van der Waals surface area contributed by atoms with Gasteiger partial charge in [-0.05, 0) is 58.6 Å². The van der Waals surface area contributed by atoms with Crippen molar-refractivity contribution in [1.82, 2.24) is 9.88 Å². The molecule has 2 atom stereocenters. The van der Waals surface area contributed by atoms with Crippen LogP contribution in [0.2, 0.25) is 0 Å². The first-order valence-corrected chi connectivity index (χ1v) is 10.4. The predicted octanol–water partition coefficient (Wildman–Crippen LogP) is 3.28. The summed E-state index contributed by atoms with van der Waals surface area (Å²) in [4.78, 5) is 11.6. The number of nitrogens with zero attached hydrogens (tertiary/aromatic N) is 3. The number of aliphatic imine (C=N–C) groups is 1. The molecule has 0 unspecified atom stereocenters. The van der Waals surface area contributed by atoms with Crippen LogP contribution in [0.4, 0.5) is 0 Å². The lowest BCUT2D eigenvalue weighted by molar-refractivity contribution is -0.0843. The van der Waals surface area contributed by atoms with Crippen LogP contribution in [0.1, 0.15) is 52.1 Å². The summed E-state index contributed by atoms with van der Waals surface area (Å²) in [7, 11) is 0. The molecule has 6 nitrogen and oxygen atoms in total. The maximum atomic E-state index is 6.05. The Bertz CT molecular complexity index is 658. The molecular formula is C22H34N4O2. The SMILES string of the molecule is CC(C=NC1CCC(N2C[C@@H](C)O[C@@H](C)C2)CC1)=C(N)OCc1ccccn1. The van der Waals surface area contributed by atoms with Crippen molar-refractivity contribution in [1.29, 1.82) is 0 Å². The number of hydrogen-bond acceptors (Lipinski definition) is 6. The fourth-order valence-corrected chi connectivity index (χ4v) is 4.12. The van der Waals surface area contributed by atoms with E-state index >= 15 is 0 Å². The Labute approximate surface area is 168 Å². The average Bonchev–Trinajstić information content (AvgIpc) is 2.70. The molecule has 2 N–H and O–H groups in total. The zero-order chi connectivity index (χ0) is 19.9. The molecule has 0 bridgehead atoms. The van der Waals surface area contributed by atoms with Crippen LogP contribution in [0.15, 0.2) is 40.8 Å². The Morgan fingerprint density at radius 1 is 1.25 bits per heavy atom. The van der Waals surface area contributed by atoms with E-state index < -0.39 is 0 Å². The molecule has 3 rings (SSSR count). The Morgan fingerprint density at radius 2 is 1.96 bits per heavy atom.